The van der Waals surface area contributed by atoms with E-state index in [0.717, 1.165) is 5.56 Å². The van der Waals surface area contributed by atoms with Gasteiger partial charge in [-0.25, -0.2) is 4.79 Å². The van der Waals surface area contributed by atoms with Gasteiger partial charge in [-0.3, -0.25) is 9.59 Å². The number of aliphatic hydroxyl groups excluding tert-OH is 1. The van der Waals surface area contributed by atoms with Crippen molar-refractivity contribution in [3.8, 4) is 11.5 Å². The van der Waals surface area contributed by atoms with Crippen molar-refractivity contribution >= 4 is 18.0 Å². The number of hydrogen-bond acceptors (Lipinski definition) is 7. The maximum Gasteiger partial charge on any atom is 0.407 e. The molecule has 4 N–H and O–H groups in total. The quantitative estimate of drug-likeness (QED) is 0.290. The number of carboxylic acid groups (broad SMARTS) is 1. The van der Waals surface area contributed by atoms with E-state index in [-0.39, 0.29) is 30.8 Å². The molecular formula is C27H44N2O8. The number of carbonyl (C=O) groups excluding carboxylic acids is 2. The van der Waals surface area contributed by atoms with E-state index in [1.165, 1.54) is 21.1 Å². The lowest BCUT2D eigenvalue weighted by Crippen LogP contribution is -2.47. The molecule has 1 aromatic rings. The summed E-state index contributed by atoms with van der Waals surface area (Å²) in [6.45, 7) is 10.7. The van der Waals surface area contributed by atoms with Gasteiger partial charge in [-0.1, -0.05) is 26.8 Å². The second-order valence-corrected chi connectivity index (χ2v) is 10.7. The first kappa shape index (κ1) is 32.0. The Labute approximate surface area is 220 Å². The van der Waals surface area contributed by atoms with Crippen molar-refractivity contribution in [2.75, 3.05) is 20.8 Å². The molecule has 4 atom stereocenters. The molecule has 0 saturated carbocycles. The minimum absolute atomic E-state index is 0.00917. The highest BCUT2D eigenvalue weighted by Crippen LogP contribution is 2.31. The molecule has 0 spiro atoms. The van der Waals surface area contributed by atoms with Gasteiger partial charge in [0.25, 0.3) is 5.91 Å². The normalized spacial score (nSPS) is 14.8. The van der Waals surface area contributed by atoms with Crippen LogP contribution in [-0.4, -0.2) is 66.7 Å². The van der Waals surface area contributed by atoms with Crippen LogP contribution in [0.25, 0.3) is 0 Å². The first-order valence-corrected chi connectivity index (χ1v) is 12.6. The van der Waals surface area contributed by atoms with Gasteiger partial charge in [-0.2, -0.15) is 0 Å². The highest BCUT2D eigenvalue weighted by atomic mass is 16.6. The SMILES string of the molecule is CNC(=O)COc1cc(C[C@@H](C[C@H](NC(=O)OC(C)(C)C)[C@@H](O)C[C@@H](C)C(=O)O)C(C)C)ccc1OC. The van der Waals surface area contributed by atoms with Crippen LogP contribution in [0.3, 0.4) is 0 Å². The third-order valence-corrected chi connectivity index (χ3v) is 6.05. The maximum atomic E-state index is 12.5. The van der Waals surface area contributed by atoms with E-state index in [9.17, 15) is 24.6 Å². The number of methoxy groups -OCH3 is 1. The molecule has 37 heavy (non-hydrogen) atoms. The van der Waals surface area contributed by atoms with Crippen molar-refractivity contribution in [3.63, 3.8) is 0 Å². The van der Waals surface area contributed by atoms with Crippen LogP contribution in [0.15, 0.2) is 18.2 Å². The Morgan fingerprint density at radius 2 is 1.70 bits per heavy atom. The Morgan fingerprint density at radius 1 is 1.05 bits per heavy atom. The summed E-state index contributed by atoms with van der Waals surface area (Å²) in [5.74, 6) is -0.955. The van der Waals surface area contributed by atoms with Gasteiger partial charge >= 0.3 is 12.1 Å². The molecule has 210 valence electrons. The number of benzene rings is 1. The van der Waals surface area contributed by atoms with Gasteiger partial charge in [0.15, 0.2) is 18.1 Å². The zero-order valence-corrected chi connectivity index (χ0v) is 23.3. The minimum atomic E-state index is -1.08. The lowest BCUT2D eigenvalue weighted by Gasteiger charge is -2.32. The number of hydrogen-bond donors (Lipinski definition) is 4. The summed E-state index contributed by atoms with van der Waals surface area (Å²) in [5.41, 5.74) is 0.204. The van der Waals surface area contributed by atoms with E-state index in [4.69, 9.17) is 14.2 Å². The molecule has 10 heteroatoms. The standard InChI is InChI=1S/C27H44N2O8/c1-16(2)19(12-18-9-10-22(35-8)23(13-18)36-15-24(31)28-7)14-20(21(30)11-17(3)25(32)33)29-26(34)37-27(4,5)6/h9-10,13,16-17,19-21,30H,11-12,14-15H2,1-8H3,(H,28,31)(H,29,34)(H,32,33)/t17-,19+,20+,21+/m1/s1. The zero-order valence-electron chi connectivity index (χ0n) is 23.3. The molecule has 0 aliphatic rings. The van der Waals surface area contributed by atoms with Crippen molar-refractivity contribution < 1.29 is 38.8 Å². The highest BCUT2D eigenvalue weighted by molar-refractivity contribution is 5.77. The van der Waals surface area contributed by atoms with Gasteiger partial charge in [-0.15, -0.1) is 0 Å². The molecule has 0 radical (unpaired) electrons. The number of amides is 2. The molecule has 10 nitrogen and oxygen atoms in total. The first-order valence-electron chi connectivity index (χ1n) is 12.6. The highest BCUT2D eigenvalue weighted by Gasteiger charge is 2.31. The van der Waals surface area contributed by atoms with E-state index in [0.29, 0.717) is 24.3 Å². The van der Waals surface area contributed by atoms with Crippen molar-refractivity contribution in [2.45, 2.75) is 78.6 Å². The Kier molecular flexibility index (Phi) is 12.7. The molecule has 0 heterocycles. The summed E-state index contributed by atoms with van der Waals surface area (Å²) < 4.78 is 16.4. The molecule has 0 aliphatic heterocycles. The predicted octanol–water partition coefficient (Wildman–Crippen LogP) is 3.39. The van der Waals surface area contributed by atoms with Gasteiger partial charge < -0.3 is 35.1 Å². The predicted molar refractivity (Wildman–Crippen MR) is 140 cm³/mol. The average Bonchev–Trinajstić information content (AvgIpc) is 2.79. The Bertz CT molecular complexity index is 897. The van der Waals surface area contributed by atoms with E-state index in [2.05, 4.69) is 10.6 Å². The molecule has 0 saturated heterocycles. The topological polar surface area (TPSA) is 143 Å². The van der Waals surface area contributed by atoms with Crippen molar-refractivity contribution in [3.05, 3.63) is 23.8 Å². The lowest BCUT2D eigenvalue weighted by atomic mass is 9.82. The smallest absolute Gasteiger partial charge is 0.407 e. The monoisotopic (exact) mass is 524 g/mol. The van der Waals surface area contributed by atoms with Crippen LogP contribution in [0.4, 0.5) is 4.79 Å². The number of aliphatic carboxylic acids is 1. The summed E-state index contributed by atoms with van der Waals surface area (Å²) in [6.07, 6.45) is -0.782. The van der Waals surface area contributed by atoms with Gasteiger partial charge in [0, 0.05) is 7.05 Å². The summed E-state index contributed by atoms with van der Waals surface area (Å²) in [4.78, 5) is 35.5. The molecule has 0 unspecified atom stereocenters. The van der Waals surface area contributed by atoms with Crippen LogP contribution in [0.2, 0.25) is 0 Å². The number of carbonyl (C=O) groups is 3. The van der Waals surface area contributed by atoms with E-state index >= 15 is 0 Å². The number of likely N-dealkylation sites (N-methyl/N-ethyl adjacent to an activating group) is 1. The second-order valence-electron chi connectivity index (χ2n) is 10.7. The lowest BCUT2D eigenvalue weighted by molar-refractivity contribution is -0.142. The van der Waals surface area contributed by atoms with Gasteiger partial charge in [0.2, 0.25) is 0 Å². The van der Waals surface area contributed by atoms with Gasteiger partial charge in [-0.05, 0) is 69.6 Å². The Morgan fingerprint density at radius 3 is 2.22 bits per heavy atom. The molecule has 0 aliphatic carbocycles. The summed E-state index contributed by atoms with van der Waals surface area (Å²) in [7, 11) is 3.05. The number of aliphatic hydroxyl groups is 1. The van der Waals surface area contributed by atoms with Crippen molar-refractivity contribution in [2.24, 2.45) is 17.8 Å². The summed E-state index contributed by atoms with van der Waals surface area (Å²) in [5, 5.41) is 25.5. The van der Waals surface area contributed by atoms with Crippen LogP contribution in [0.5, 0.6) is 11.5 Å². The summed E-state index contributed by atoms with van der Waals surface area (Å²) in [6, 6.07) is 4.77. The molecule has 0 aromatic heterocycles. The van der Waals surface area contributed by atoms with Crippen LogP contribution in [0, 0.1) is 17.8 Å². The van der Waals surface area contributed by atoms with E-state index < -0.39 is 35.7 Å². The van der Waals surface area contributed by atoms with Gasteiger partial charge in [0.05, 0.1) is 25.2 Å². The number of rotatable bonds is 14. The van der Waals surface area contributed by atoms with E-state index in [1.807, 2.05) is 26.0 Å². The fourth-order valence-corrected chi connectivity index (χ4v) is 3.79. The molecule has 1 aromatic carbocycles. The molecule has 0 bridgehead atoms. The molecule has 0 fully saturated rings. The molecular weight excluding hydrogens is 480 g/mol. The molecule has 2 amide bonds. The Hall–Kier alpha value is -3.01. The first-order chi connectivity index (χ1) is 17.2. The fraction of sp³-hybridized carbons (Fsp3) is 0.667. The maximum absolute atomic E-state index is 12.5. The minimum Gasteiger partial charge on any atom is -0.493 e. The van der Waals surface area contributed by atoms with Crippen LogP contribution in [0.1, 0.15) is 59.9 Å². The van der Waals surface area contributed by atoms with Crippen LogP contribution in [-0.2, 0) is 20.7 Å². The van der Waals surface area contributed by atoms with Crippen molar-refractivity contribution in [1.29, 1.82) is 0 Å². The van der Waals surface area contributed by atoms with E-state index in [1.54, 1.807) is 26.8 Å². The van der Waals surface area contributed by atoms with Crippen molar-refractivity contribution in [1.82, 2.24) is 10.6 Å². The fourth-order valence-electron chi connectivity index (χ4n) is 3.79. The van der Waals surface area contributed by atoms with Crippen LogP contribution < -0.4 is 20.1 Å². The number of ether oxygens (including phenoxy) is 3. The second kappa shape index (κ2) is 14.7. The zero-order chi connectivity index (χ0) is 28.3. The number of carboxylic acids is 1. The Balaban J connectivity index is 3.15. The largest absolute Gasteiger partial charge is 0.493 e. The third kappa shape index (κ3) is 11.7. The average molecular weight is 525 g/mol. The summed E-state index contributed by atoms with van der Waals surface area (Å²) >= 11 is 0. The number of nitrogens with one attached hydrogen (secondary N) is 2. The molecule has 1 rings (SSSR count). The van der Waals surface area contributed by atoms with Gasteiger partial charge in [0.1, 0.15) is 5.60 Å². The number of alkyl carbamates (subject to hydrolysis) is 1. The van der Waals surface area contributed by atoms with Crippen LogP contribution >= 0.6 is 0 Å². The third-order valence-electron chi connectivity index (χ3n) is 6.05.